The van der Waals surface area contributed by atoms with Gasteiger partial charge in [0.2, 0.25) is 11.2 Å². The van der Waals surface area contributed by atoms with Gasteiger partial charge in [0.15, 0.2) is 0 Å². The number of nitrogens with zero attached hydrogens (tertiary/aromatic N) is 3. The van der Waals surface area contributed by atoms with Gasteiger partial charge in [-0.2, -0.15) is 5.53 Å². The van der Waals surface area contributed by atoms with Crippen LogP contribution in [0.4, 0.5) is 5.82 Å². The number of anilines is 1. The highest BCUT2D eigenvalue weighted by Crippen LogP contribution is 2.16. The molecule has 2 heterocycles. The average molecular weight is 293 g/mol. The summed E-state index contributed by atoms with van der Waals surface area (Å²) in [6.07, 6.45) is 0. The molecule has 1 fully saturated rings. The fourth-order valence-electron chi connectivity index (χ4n) is 1.97. The number of aryl methyl sites for hydroxylation is 1. The largest absolute Gasteiger partial charge is 0.286 e. The van der Waals surface area contributed by atoms with Crippen LogP contribution in [0.1, 0.15) is 5.69 Å². The monoisotopic (exact) mass is 292 g/mol. The Morgan fingerprint density at radius 3 is 2.90 bits per heavy atom. The summed E-state index contributed by atoms with van der Waals surface area (Å²) in [5.74, 6) is 0.251. The van der Waals surface area contributed by atoms with Crippen LogP contribution in [0.3, 0.4) is 0 Å². The smallest absolute Gasteiger partial charge is 0.228 e. The summed E-state index contributed by atoms with van der Waals surface area (Å²) in [5, 5.41) is 6.43. The van der Waals surface area contributed by atoms with E-state index in [1.54, 1.807) is 16.8 Å². The van der Waals surface area contributed by atoms with Crippen LogP contribution in [0, 0.1) is 6.92 Å². The van der Waals surface area contributed by atoms with Crippen LogP contribution in [-0.4, -0.2) is 16.4 Å². The quantitative estimate of drug-likeness (QED) is 0.748. The highest BCUT2D eigenvalue weighted by atomic mass is 35.5. The van der Waals surface area contributed by atoms with E-state index in [9.17, 15) is 4.79 Å². The second-order valence-electron chi connectivity index (χ2n) is 4.32. The number of rotatable bonds is 2. The van der Waals surface area contributed by atoms with Crippen molar-refractivity contribution in [1.29, 1.82) is 0 Å². The van der Waals surface area contributed by atoms with E-state index in [1.165, 1.54) is 11.2 Å². The molecule has 1 aliphatic rings. The Balaban J connectivity index is 2.11. The van der Waals surface area contributed by atoms with Crippen molar-refractivity contribution in [2.75, 3.05) is 11.8 Å². The summed E-state index contributed by atoms with van der Waals surface area (Å²) in [4.78, 5) is 12.0. The van der Waals surface area contributed by atoms with E-state index in [1.807, 2.05) is 19.1 Å². The van der Waals surface area contributed by atoms with E-state index in [-0.39, 0.29) is 11.2 Å². The molecule has 20 heavy (non-hydrogen) atoms. The molecular weight excluding hydrogens is 280 g/mol. The Labute approximate surface area is 120 Å². The molecule has 0 radical (unpaired) electrons. The number of halogens is 1. The van der Waals surface area contributed by atoms with Gasteiger partial charge in [-0.15, -0.1) is 5.10 Å². The first-order valence-electron chi connectivity index (χ1n) is 6.04. The van der Waals surface area contributed by atoms with Gasteiger partial charge in [0.1, 0.15) is 0 Å². The molecule has 1 aromatic carbocycles. The minimum Gasteiger partial charge on any atom is -0.286 e. The molecule has 1 saturated heterocycles. The lowest BCUT2D eigenvalue weighted by atomic mass is 10.3. The second-order valence-corrected chi connectivity index (χ2v) is 4.76. The van der Waals surface area contributed by atoms with Crippen molar-refractivity contribution in [2.24, 2.45) is 0 Å². The molecule has 0 spiro atoms. The Hall–Kier alpha value is -1.93. The molecule has 3 rings (SSSR count). The first-order chi connectivity index (χ1) is 9.65. The van der Waals surface area contributed by atoms with Gasteiger partial charge in [0.05, 0.1) is 12.4 Å². The number of benzene rings is 1. The number of hydrogen-bond acceptors (Lipinski definition) is 6. The molecule has 0 amide bonds. The second kappa shape index (κ2) is 5.22. The zero-order valence-corrected chi connectivity index (χ0v) is 11.5. The first-order valence-corrected chi connectivity index (χ1v) is 6.42. The molecule has 104 valence electrons. The molecule has 3 N–H and O–H groups in total. The lowest BCUT2D eigenvalue weighted by Gasteiger charge is -2.17. The number of hydrazine groups is 3. The molecule has 7 nitrogen and oxygen atoms in total. The fourth-order valence-corrected chi connectivity index (χ4v) is 2.15. The van der Waals surface area contributed by atoms with Gasteiger partial charge >= 0.3 is 0 Å². The van der Waals surface area contributed by atoms with Gasteiger partial charge in [-0.05, 0) is 25.1 Å². The molecule has 8 heteroatoms. The van der Waals surface area contributed by atoms with E-state index >= 15 is 0 Å². The van der Waals surface area contributed by atoms with Crippen LogP contribution < -0.4 is 26.9 Å². The van der Waals surface area contributed by atoms with Crippen molar-refractivity contribution in [1.82, 2.24) is 26.2 Å². The van der Waals surface area contributed by atoms with Gasteiger partial charge in [-0.1, -0.05) is 17.7 Å². The first kappa shape index (κ1) is 13.1. The van der Waals surface area contributed by atoms with Crippen LogP contribution in [0.25, 0.3) is 5.69 Å². The van der Waals surface area contributed by atoms with Crippen molar-refractivity contribution in [3.63, 3.8) is 0 Å². The fraction of sp³-hybridized carbons (Fsp3) is 0.167. The molecule has 0 aliphatic carbocycles. The maximum atomic E-state index is 12.0. The van der Waals surface area contributed by atoms with Crippen LogP contribution in [0.5, 0.6) is 0 Å². The average Bonchev–Trinajstić information content (AvgIpc) is 2.92. The van der Waals surface area contributed by atoms with Crippen molar-refractivity contribution < 1.29 is 0 Å². The number of aromatic nitrogens is 2. The van der Waals surface area contributed by atoms with Gasteiger partial charge in [0.25, 0.3) is 0 Å². The molecular formula is C12H13ClN6O. The Kier molecular flexibility index (Phi) is 3.41. The van der Waals surface area contributed by atoms with Gasteiger partial charge in [-0.25, -0.2) is 20.7 Å². The van der Waals surface area contributed by atoms with E-state index in [0.29, 0.717) is 11.7 Å². The zero-order valence-electron chi connectivity index (χ0n) is 10.7. The number of hydrogen-bond donors (Lipinski definition) is 3. The van der Waals surface area contributed by atoms with Gasteiger partial charge < -0.3 is 0 Å². The molecule has 0 atom stereocenters. The lowest BCUT2D eigenvalue weighted by molar-refractivity contribution is 0.621. The number of nitrogens with one attached hydrogen (secondary N) is 3. The van der Waals surface area contributed by atoms with Gasteiger partial charge in [0, 0.05) is 16.8 Å². The summed E-state index contributed by atoms with van der Waals surface area (Å²) in [7, 11) is 0. The van der Waals surface area contributed by atoms with Crippen LogP contribution in [-0.2, 0) is 0 Å². The van der Waals surface area contributed by atoms with Crippen molar-refractivity contribution in [2.45, 2.75) is 6.92 Å². The molecule has 0 unspecified atom stereocenters. The summed E-state index contributed by atoms with van der Waals surface area (Å²) in [6.45, 7) is 2.33. The van der Waals surface area contributed by atoms with E-state index in [2.05, 4.69) is 21.5 Å². The molecule has 2 aromatic rings. The third-order valence-electron chi connectivity index (χ3n) is 2.87. The van der Waals surface area contributed by atoms with Crippen LogP contribution in [0.2, 0.25) is 5.02 Å². The molecule has 1 aromatic heterocycles. The third kappa shape index (κ3) is 2.39. The van der Waals surface area contributed by atoms with Gasteiger partial charge in [-0.3, -0.25) is 4.79 Å². The normalized spacial score (nSPS) is 14.8. The van der Waals surface area contributed by atoms with Crippen LogP contribution >= 0.6 is 11.6 Å². The van der Waals surface area contributed by atoms with Crippen molar-refractivity contribution in [3.05, 3.63) is 51.3 Å². The minimum absolute atomic E-state index is 0.176. The third-order valence-corrected chi connectivity index (χ3v) is 3.11. The summed E-state index contributed by atoms with van der Waals surface area (Å²) < 4.78 is 1.67. The Morgan fingerprint density at radius 2 is 2.20 bits per heavy atom. The van der Waals surface area contributed by atoms with E-state index in [4.69, 9.17) is 11.6 Å². The van der Waals surface area contributed by atoms with Crippen LogP contribution in [0.15, 0.2) is 35.1 Å². The topological polar surface area (TPSA) is 74.2 Å². The lowest BCUT2D eigenvalue weighted by Crippen LogP contribution is -2.44. The van der Waals surface area contributed by atoms with Crippen molar-refractivity contribution in [3.8, 4) is 5.69 Å². The predicted octanol–water partition coefficient (Wildman–Crippen LogP) is 0.486. The van der Waals surface area contributed by atoms with Crippen molar-refractivity contribution >= 4 is 17.4 Å². The highest BCUT2D eigenvalue weighted by molar-refractivity contribution is 6.30. The predicted molar refractivity (Wildman–Crippen MR) is 76.3 cm³/mol. The Morgan fingerprint density at radius 1 is 1.35 bits per heavy atom. The molecule has 0 bridgehead atoms. The zero-order chi connectivity index (χ0) is 14.1. The standard InChI is InChI=1S/C12H13ClN6O/c1-8-5-11(20)12(19-15-7-14-17-19)16-18(8)10-4-2-3-9(13)6-10/h2-6,14-15,17H,7H2,1H3. The molecule has 0 saturated carbocycles. The maximum Gasteiger partial charge on any atom is 0.228 e. The maximum absolute atomic E-state index is 12.0. The summed E-state index contributed by atoms with van der Waals surface area (Å²) in [6, 6.07) is 8.83. The molecule has 1 aliphatic heterocycles. The summed E-state index contributed by atoms with van der Waals surface area (Å²) in [5.41, 5.74) is 9.91. The SMILES string of the molecule is Cc1cc(=O)c(N2NCNN2)nn1-c1cccc(Cl)c1. The highest BCUT2D eigenvalue weighted by Gasteiger charge is 2.17. The van der Waals surface area contributed by atoms with E-state index in [0.717, 1.165) is 11.4 Å². The van der Waals surface area contributed by atoms with E-state index < -0.39 is 0 Å². The minimum atomic E-state index is -0.176. The Bertz CT molecular complexity index is 695. The summed E-state index contributed by atoms with van der Waals surface area (Å²) >= 11 is 6.00.